The fourth-order valence-corrected chi connectivity index (χ4v) is 5.08. The average Bonchev–Trinajstić information content (AvgIpc) is 2.73. The zero-order chi connectivity index (χ0) is 21.0. The first kappa shape index (κ1) is 19.4. The van der Waals surface area contributed by atoms with Crippen LogP contribution >= 0.6 is 27.5 Å². The SMILES string of the molecule is COc1cc(Cl)ccc1-c1cc2c3cc(C)ccc3c(Br)cc2c2cc(C)ccc12. The van der Waals surface area contributed by atoms with Gasteiger partial charge in [-0.05, 0) is 82.1 Å². The Bertz CT molecular complexity index is 1470. The van der Waals surface area contributed by atoms with Crippen LogP contribution in [0.2, 0.25) is 5.02 Å². The summed E-state index contributed by atoms with van der Waals surface area (Å²) in [4.78, 5) is 0. The van der Waals surface area contributed by atoms with E-state index in [-0.39, 0.29) is 0 Å². The Hall–Kier alpha value is -2.55. The van der Waals surface area contributed by atoms with E-state index in [1.807, 2.05) is 18.2 Å². The number of hydrogen-bond acceptors (Lipinski definition) is 1. The molecule has 0 aromatic heterocycles. The van der Waals surface area contributed by atoms with E-state index in [1.165, 1.54) is 43.4 Å². The van der Waals surface area contributed by atoms with E-state index in [4.69, 9.17) is 16.3 Å². The Morgan fingerprint density at radius 2 is 1.23 bits per heavy atom. The van der Waals surface area contributed by atoms with Crippen molar-refractivity contribution >= 4 is 59.8 Å². The summed E-state index contributed by atoms with van der Waals surface area (Å²) in [5.41, 5.74) is 4.68. The molecule has 0 saturated carbocycles. The lowest BCUT2D eigenvalue weighted by atomic mass is 9.89. The smallest absolute Gasteiger partial charge is 0.128 e. The van der Waals surface area contributed by atoms with Crippen molar-refractivity contribution in [1.29, 1.82) is 0 Å². The molecular weight excluding hydrogens is 456 g/mol. The van der Waals surface area contributed by atoms with E-state index in [2.05, 4.69) is 78.3 Å². The number of ether oxygens (including phenoxy) is 1. The third-order valence-electron chi connectivity index (χ3n) is 5.78. The molecule has 0 radical (unpaired) electrons. The molecule has 3 heteroatoms. The van der Waals surface area contributed by atoms with Crippen molar-refractivity contribution in [3.05, 3.63) is 87.4 Å². The minimum absolute atomic E-state index is 0.668. The van der Waals surface area contributed by atoms with Crippen LogP contribution in [-0.4, -0.2) is 7.11 Å². The van der Waals surface area contributed by atoms with Gasteiger partial charge >= 0.3 is 0 Å². The van der Waals surface area contributed by atoms with Gasteiger partial charge in [-0.3, -0.25) is 0 Å². The summed E-state index contributed by atoms with van der Waals surface area (Å²) < 4.78 is 6.81. The van der Waals surface area contributed by atoms with E-state index in [0.717, 1.165) is 21.3 Å². The maximum Gasteiger partial charge on any atom is 0.128 e. The molecule has 5 rings (SSSR count). The molecule has 148 valence electrons. The largest absolute Gasteiger partial charge is 0.496 e. The van der Waals surface area contributed by atoms with Crippen molar-refractivity contribution in [3.8, 4) is 16.9 Å². The van der Waals surface area contributed by atoms with Gasteiger partial charge in [0.15, 0.2) is 0 Å². The molecule has 0 N–H and O–H groups in total. The average molecular weight is 476 g/mol. The minimum atomic E-state index is 0.668. The Balaban J connectivity index is 2.02. The molecular formula is C27H20BrClO. The molecule has 0 unspecified atom stereocenters. The molecule has 0 spiro atoms. The molecule has 30 heavy (non-hydrogen) atoms. The highest BCUT2D eigenvalue weighted by atomic mass is 79.9. The maximum absolute atomic E-state index is 6.24. The van der Waals surface area contributed by atoms with Crippen LogP contribution in [0.5, 0.6) is 5.75 Å². The quantitative estimate of drug-likeness (QED) is 0.232. The highest BCUT2D eigenvalue weighted by Gasteiger charge is 2.16. The number of benzene rings is 5. The van der Waals surface area contributed by atoms with Crippen LogP contribution in [0.1, 0.15) is 11.1 Å². The lowest BCUT2D eigenvalue weighted by Crippen LogP contribution is -1.91. The fourth-order valence-electron chi connectivity index (χ4n) is 4.34. The Morgan fingerprint density at radius 3 is 1.93 bits per heavy atom. The second-order valence-electron chi connectivity index (χ2n) is 7.82. The normalized spacial score (nSPS) is 11.5. The molecule has 0 aliphatic rings. The standard InChI is InChI=1S/C27H20BrClO/c1-15-4-7-18-21(10-15)25-14-26(28)19-8-5-16(2)11-22(19)24(25)13-23(18)20-9-6-17(29)12-27(20)30-3/h4-14H,1-3H3. The summed E-state index contributed by atoms with van der Waals surface area (Å²) in [6.45, 7) is 4.28. The summed E-state index contributed by atoms with van der Waals surface area (Å²) in [5.74, 6) is 0.779. The number of hydrogen-bond donors (Lipinski definition) is 0. The molecule has 1 nitrogen and oxygen atoms in total. The van der Waals surface area contributed by atoms with Gasteiger partial charge in [0.1, 0.15) is 5.75 Å². The zero-order valence-electron chi connectivity index (χ0n) is 17.0. The van der Waals surface area contributed by atoms with Gasteiger partial charge in [-0.25, -0.2) is 0 Å². The Morgan fingerprint density at radius 1 is 0.633 bits per heavy atom. The predicted octanol–water partition coefficient (Wildman–Crippen LogP) is 8.85. The number of methoxy groups -OCH3 is 1. The molecule has 0 atom stereocenters. The number of aryl methyl sites for hydroxylation is 2. The van der Waals surface area contributed by atoms with Gasteiger partial charge in [0.2, 0.25) is 0 Å². The maximum atomic E-state index is 6.24. The highest BCUT2D eigenvalue weighted by Crippen LogP contribution is 2.43. The van der Waals surface area contributed by atoms with E-state index < -0.39 is 0 Å². The first-order chi connectivity index (χ1) is 14.5. The van der Waals surface area contributed by atoms with Crippen molar-refractivity contribution < 1.29 is 4.74 Å². The lowest BCUT2D eigenvalue weighted by Gasteiger charge is -2.16. The fraction of sp³-hybridized carbons (Fsp3) is 0.111. The Kier molecular flexibility index (Phi) is 4.72. The molecule has 0 aliphatic carbocycles. The molecule has 0 saturated heterocycles. The number of rotatable bonds is 2. The number of fused-ring (bicyclic) bond motifs is 5. The summed E-state index contributed by atoms with van der Waals surface area (Å²) in [5, 5.41) is 8.06. The topological polar surface area (TPSA) is 9.23 Å². The number of halogens is 2. The second-order valence-corrected chi connectivity index (χ2v) is 9.11. The first-order valence-corrected chi connectivity index (χ1v) is 11.0. The van der Waals surface area contributed by atoms with Crippen LogP contribution in [0.4, 0.5) is 0 Å². The summed E-state index contributed by atoms with van der Waals surface area (Å²) in [6.07, 6.45) is 0. The summed E-state index contributed by atoms with van der Waals surface area (Å²) in [7, 11) is 1.69. The molecule has 0 bridgehead atoms. The van der Waals surface area contributed by atoms with E-state index >= 15 is 0 Å². The van der Waals surface area contributed by atoms with Crippen LogP contribution in [0.25, 0.3) is 43.4 Å². The predicted molar refractivity (Wildman–Crippen MR) is 133 cm³/mol. The lowest BCUT2D eigenvalue weighted by molar-refractivity contribution is 0.416. The molecule has 5 aromatic carbocycles. The van der Waals surface area contributed by atoms with Gasteiger partial charge in [-0.1, -0.05) is 75.1 Å². The van der Waals surface area contributed by atoms with Gasteiger partial charge < -0.3 is 4.74 Å². The first-order valence-electron chi connectivity index (χ1n) is 9.86. The van der Waals surface area contributed by atoms with Crippen molar-refractivity contribution in [1.82, 2.24) is 0 Å². The van der Waals surface area contributed by atoms with Crippen molar-refractivity contribution in [2.24, 2.45) is 0 Å². The van der Waals surface area contributed by atoms with Crippen molar-refractivity contribution in [2.75, 3.05) is 7.11 Å². The third kappa shape index (κ3) is 3.07. The molecule has 0 aliphatic heterocycles. The van der Waals surface area contributed by atoms with E-state index in [0.29, 0.717) is 5.02 Å². The minimum Gasteiger partial charge on any atom is -0.496 e. The van der Waals surface area contributed by atoms with Gasteiger partial charge in [0, 0.05) is 15.1 Å². The second kappa shape index (κ2) is 7.30. The molecule has 0 amide bonds. The van der Waals surface area contributed by atoms with Crippen LogP contribution in [0.3, 0.4) is 0 Å². The zero-order valence-corrected chi connectivity index (χ0v) is 19.4. The summed E-state index contributed by atoms with van der Waals surface area (Å²) in [6, 6.07) is 23.7. The van der Waals surface area contributed by atoms with Crippen LogP contribution in [-0.2, 0) is 0 Å². The highest BCUT2D eigenvalue weighted by molar-refractivity contribution is 9.10. The van der Waals surface area contributed by atoms with Crippen LogP contribution in [0.15, 0.2) is 71.2 Å². The van der Waals surface area contributed by atoms with Crippen molar-refractivity contribution in [3.63, 3.8) is 0 Å². The van der Waals surface area contributed by atoms with Crippen molar-refractivity contribution in [2.45, 2.75) is 13.8 Å². The molecule has 0 fully saturated rings. The van der Waals surface area contributed by atoms with Gasteiger partial charge in [-0.2, -0.15) is 0 Å². The molecule has 0 heterocycles. The van der Waals surface area contributed by atoms with E-state index in [1.54, 1.807) is 7.11 Å². The van der Waals surface area contributed by atoms with E-state index in [9.17, 15) is 0 Å². The Labute approximate surface area is 189 Å². The van der Waals surface area contributed by atoms with Crippen LogP contribution in [0, 0.1) is 13.8 Å². The van der Waals surface area contributed by atoms with Gasteiger partial charge in [0.05, 0.1) is 7.11 Å². The van der Waals surface area contributed by atoms with Gasteiger partial charge in [-0.15, -0.1) is 0 Å². The summed E-state index contributed by atoms with van der Waals surface area (Å²) >= 11 is 10.1. The van der Waals surface area contributed by atoms with Gasteiger partial charge in [0.25, 0.3) is 0 Å². The molecule has 5 aromatic rings. The third-order valence-corrected chi connectivity index (χ3v) is 6.67. The monoisotopic (exact) mass is 474 g/mol. The van der Waals surface area contributed by atoms with Crippen LogP contribution < -0.4 is 4.74 Å².